The maximum atomic E-state index is 5.21. The van der Waals surface area contributed by atoms with Crippen molar-refractivity contribution in [3.63, 3.8) is 0 Å². The van der Waals surface area contributed by atoms with E-state index in [0.29, 0.717) is 5.82 Å². The van der Waals surface area contributed by atoms with Crippen LogP contribution in [0.15, 0.2) is 243 Å². The highest BCUT2D eigenvalue weighted by atomic mass is 14.9. The predicted molar refractivity (Wildman–Crippen MR) is 262 cm³/mol. The zero-order valence-corrected chi connectivity index (χ0v) is 34.5. The highest BCUT2D eigenvalue weighted by molar-refractivity contribution is 6.06. The van der Waals surface area contributed by atoms with Gasteiger partial charge in [0.2, 0.25) is 0 Å². The van der Waals surface area contributed by atoms with Crippen molar-refractivity contribution in [1.29, 1.82) is 0 Å². The summed E-state index contributed by atoms with van der Waals surface area (Å²) in [4.78, 5) is 10.3. The highest BCUT2D eigenvalue weighted by Gasteiger charge is 2.46. The first-order valence-electron chi connectivity index (χ1n) is 21.6. The van der Waals surface area contributed by atoms with Crippen molar-refractivity contribution in [3.05, 3.63) is 265 Å². The Kier molecular flexibility index (Phi) is 8.76. The van der Waals surface area contributed by atoms with Gasteiger partial charge in [-0.1, -0.05) is 224 Å². The molecule has 0 aliphatic heterocycles. The topological polar surface area (TPSA) is 25.8 Å². The summed E-state index contributed by atoms with van der Waals surface area (Å²) in [5, 5.41) is 4.86. The molecule has 2 nitrogen and oxygen atoms in total. The van der Waals surface area contributed by atoms with E-state index >= 15 is 0 Å². The Labute approximate surface area is 367 Å². The van der Waals surface area contributed by atoms with E-state index in [1.807, 2.05) is 24.3 Å². The average molecular weight is 801 g/mol. The molecule has 1 aromatic heterocycles. The molecular formula is C61H40N2. The minimum absolute atomic E-state index is 0.501. The van der Waals surface area contributed by atoms with Crippen molar-refractivity contribution in [1.82, 2.24) is 9.97 Å². The van der Waals surface area contributed by atoms with E-state index in [2.05, 4.69) is 218 Å². The summed E-state index contributed by atoms with van der Waals surface area (Å²) < 4.78 is 0. The van der Waals surface area contributed by atoms with E-state index in [-0.39, 0.29) is 0 Å². The van der Waals surface area contributed by atoms with Crippen LogP contribution in [-0.2, 0) is 5.41 Å². The molecule has 11 aromatic rings. The molecule has 1 aliphatic carbocycles. The summed E-state index contributed by atoms with van der Waals surface area (Å²) in [5.41, 5.74) is 16.9. The molecule has 0 bridgehead atoms. The maximum Gasteiger partial charge on any atom is 0.160 e. The molecule has 0 spiro atoms. The minimum Gasteiger partial charge on any atom is -0.228 e. The fourth-order valence-corrected chi connectivity index (χ4v) is 10.1. The summed E-state index contributed by atoms with van der Waals surface area (Å²) in [7, 11) is 0. The molecular weight excluding hydrogens is 761 g/mol. The van der Waals surface area contributed by atoms with Gasteiger partial charge in [0.25, 0.3) is 0 Å². The lowest BCUT2D eigenvalue weighted by molar-refractivity contribution is 0.769. The van der Waals surface area contributed by atoms with Gasteiger partial charge >= 0.3 is 0 Å². The number of aromatic nitrogens is 2. The SMILES string of the molecule is c1ccc(-c2cc(-c3ccc(-c4cccc(-c5ccc6c(c5)C(c5ccccc5)(c5ccccc5)c5ccc7ccccc7c5-6)c4)c4ccccc34)nc(-c3ccccc3)n2)cc1. The molecule has 12 rings (SSSR count). The lowest BCUT2D eigenvalue weighted by Crippen LogP contribution is -2.28. The van der Waals surface area contributed by atoms with Gasteiger partial charge in [-0.05, 0) is 95.4 Å². The zero-order valence-electron chi connectivity index (χ0n) is 34.5. The van der Waals surface area contributed by atoms with Gasteiger partial charge in [0, 0.05) is 16.7 Å². The molecule has 0 radical (unpaired) electrons. The van der Waals surface area contributed by atoms with Crippen LogP contribution in [-0.4, -0.2) is 9.97 Å². The molecule has 0 unspecified atom stereocenters. The van der Waals surface area contributed by atoms with Gasteiger partial charge in [0.1, 0.15) is 0 Å². The van der Waals surface area contributed by atoms with Crippen LogP contribution in [0.5, 0.6) is 0 Å². The second kappa shape index (κ2) is 15.1. The highest BCUT2D eigenvalue weighted by Crippen LogP contribution is 2.58. The van der Waals surface area contributed by atoms with E-state index in [0.717, 1.165) is 33.5 Å². The standard InChI is InChI=1S/C61H40N2/c1-5-19-42(20-6-1)57-40-58(63-60(62-57)43-21-7-2-8-22-43)53-36-35-49(51-30-15-16-31-52(51)53)46-24-17-23-44(38-46)45-32-34-54-56(39-45)61(47-25-9-3-10-26-47,48-27-11-4-12-28-48)55-37-33-41-18-13-14-29-50(41)59(54)55/h1-40H. The van der Waals surface area contributed by atoms with E-state index in [9.17, 15) is 0 Å². The van der Waals surface area contributed by atoms with Crippen LogP contribution in [0.4, 0.5) is 0 Å². The molecule has 294 valence electrons. The lowest BCUT2D eigenvalue weighted by atomic mass is 9.67. The summed E-state index contributed by atoms with van der Waals surface area (Å²) in [6.45, 7) is 0. The first-order chi connectivity index (χ1) is 31.2. The van der Waals surface area contributed by atoms with E-state index in [1.54, 1.807) is 0 Å². The predicted octanol–water partition coefficient (Wildman–Crippen LogP) is 15.5. The van der Waals surface area contributed by atoms with Gasteiger partial charge in [-0.3, -0.25) is 0 Å². The number of hydrogen-bond donors (Lipinski definition) is 0. The Morgan fingerprint density at radius 2 is 0.810 bits per heavy atom. The van der Waals surface area contributed by atoms with Crippen molar-refractivity contribution >= 4 is 21.5 Å². The van der Waals surface area contributed by atoms with Crippen LogP contribution in [0.3, 0.4) is 0 Å². The molecule has 0 saturated carbocycles. The third kappa shape index (κ3) is 6.02. The molecule has 63 heavy (non-hydrogen) atoms. The quantitative estimate of drug-likeness (QED) is 0.160. The Morgan fingerprint density at radius 1 is 0.286 bits per heavy atom. The normalized spacial score (nSPS) is 12.6. The van der Waals surface area contributed by atoms with Crippen LogP contribution in [0, 0.1) is 0 Å². The Hall–Kier alpha value is -8.20. The van der Waals surface area contributed by atoms with Gasteiger partial charge < -0.3 is 0 Å². The number of nitrogens with zero attached hydrogens (tertiary/aromatic N) is 2. The van der Waals surface area contributed by atoms with Crippen LogP contribution >= 0.6 is 0 Å². The largest absolute Gasteiger partial charge is 0.228 e. The summed E-state index contributed by atoms with van der Waals surface area (Å²) in [5.74, 6) is 0.710. The van der Waals surface area contributed by atoms with Crippen molar-refractivity contribution in [3.8, 4) is 67.3 Å². The second-order valence-corrected chi connectivity index (χ2v) is 16.4. The Morgan fingerprint density at radius 3 is 1.52 bits per heavy atom. The Bertz CT molecular complexity index is 3390. The van der Waals surface area contributed by atoms with E-state index in [1.165, 1.54) is 71.8 Å². The fraction of sp³-hybridized carbons (Fsp3) is 0.0164. The van der Waals surface area contributed by atoms with Gasteiger partial charge in [-0.25, -0.2) is 9.97 Å². The average Bonchev–Trinajstić information content (AvgIpc) is 3.68. The molecule has 0 fully saturated rings. The third-order valence-corrected chi connectivity index (χ3v) is 13.0. The van der Waals surface area contributed by atoms with Crippen molar-refractivity contribution in [2.24, 2.45) is 0 Å². The lowest BCUT2D eigenvalue weighted by Gasteiger charge is -2.34. The molecule has 0 N–H and O–H groups in total. The number of rotatable bonds is 7. The summed E-state index contributed by atoms with van der Waals surface area (Å²) >= 11 is 0. The molecule has 0 saturated heterocycles. The maximum absolute atomic E-state index is 5.21. The van der Waals surface area contributed by atoms with Crippen LogP contribution in [0.25, 0.3) is 88.8 Å². The van der Waals surface area contributed by atoms with Gasteiger partial charge in [0.15, 0.2) is 5.82 Å². The molecule has 0 amide bonds. The van der Waals surface area contributed by atoms with Crippen molar-refractivity contribution in [2.45, 2.75) is 5.41 Å². The molecule has 10 aromatic carbocycles. The number of hydrogen-bond acceptors (Lipinski definition) is 2. The smallest absolute Gasteiger partial charge is 0.160 e. The van der Waals surface area contributed by atoms with Gasteiger partial charge in [-0.2, -0.15) is 0 Å². The zero-order chi connectivity index (χ0) is 41.7. The first kappa shape index (κ1) is 36.6. The Balaban J connectivity index is 1.02. The molecule has 2 heteroatoms. The fourth-order valence-electron chi connectivity index (χ4n) is 10.1. The first-order valence-corrected chi connectivity index (χ1v) is 21.6. The van der Waals surface area contributed by atoms with E-state index < -0.39 is 5.41 Å². The molecule has 1 aliphatic rings. The van der Waals surface area contributed by atoms with Crippen LogP contribution in [0.1, 0.15) is 22.3 Å². The van der Waals surface area contributed by atoms with Crippen molar-refractivity contribution in [2.75, 3.05) is 0 Å². The third-order valence-electron chi connectivity index (χ3n) is 13.0. The number of fused-ring (bicyclic) bond motifs is 6. The number of benzene rings is 10. The van der Waals surface area contributed by atoms with E-state index in [4.69, 9.17) is 9.97 Å². The monoisotopic (exact) mass is 800 g/mol. The summed E-state index contributed by atoms with van der Waals surface area (Å²) in [6.07, 6.45) is 0. The van der Waals surface area contributed by atoms with Crippen molar-refractivity contribution < 1.29 is 0 Å². The molecule has 0 atom stereocenters. The molecule has 1 heterocycles. The van der Waals surface area contributed by atoms with Crippen LogP contribution in [0.2, 0.25) is 0 Å². The van der Waals surface area contributed by atoms with Crippen LogP contribution < -0.4 is 0 Å². The second-order valence-electron chi connectivity index (χ2n) is 16.4. The minimum atomic E-state index is -0.501. The summed E-state index contributed by atoms with van der Waals surface area (Å²) in [6, 6.07) is 87.9. The van der Waals surface area contributed by atoms with Gasteiger partial charge in [0.05, 0.1) is 16.8 Å². The van der Waals surface area contributed by atoms with Gasteiger partial charge in [-0.15, -0.1) is 0 Å².